The molecule has 0 spiro atoms. The van der Waals surface area contributed by atoms with Crippen LogP contribution >= 0.6 is 11.6 Å². The molecule has 17 heavy (non-hydrogen) atoms. The fourth-order valence-electron chi connectivity index (χ4n) is 1.97. The molecule has 2 heterocycles. The van der Waals surface area contributed by atoms with Crippen molar-refractivity contribution in [2.24, 2.45) is 0 Å². The maximum absolute atomic E-state index is 9.13. The van der Waals surface area contributed by atoms with Gasteiger partial charge < -0.3 is 10.0 Å². The van der Waals surface area contributed by atoms with E-state index in [1.165, 1.54) is 0 Å². The Morgan fingerprint density at radius 3 is 3.00 bits per heavy atom. The van der Waals surface area contributed by atoms with Crippen molar-refractivity contribution in [1.82, 2.24) is 20.2 Å². The van der Waals surface area contributed by atoms with Crippen LogP contribution in [0.15, 0.2) is 6.20 Å². The number of aromatic nitrogens is 4. The normalized spacial score (nSPS) is 15.4. The minimum Gasteiger partial charge on any atom is -0.395 e. The number of fused-ring (bicyclic) bond motifs is 1. The lowest BCUT2D eigenvalue weighted by molar-refractivity contribution is 0.301. The van der Waals surface area contributed by atoms with E-state index in [4.69, 9.17) is 16.7 Å². The largest absolute Gasteiger partial charge is 0.395 e. The zero-order valence-electron chi connectivity index (χ0n) is 9.10. The summed E-state index contributed by atoms with van der Waals surface area (Å²) in [7, 11) is 0. The Bertz CT molecular complexity index is 538. The summed E-state index contributed by atoms with van der Waals surface area (Å²) < 4.78 is 0. The number of nitrogens with one attached hydrogen (secondary N) is 1. The summed E-state index contributed by atoms with van der Waals surface area (Å²) >= 11 is 5.89. The molecule has 0 unspecified atom stereocenters. The highest BCUT2D eigenvalue weighted by atomic mass is 35.5. The van der Waals surface area contributed by atoms with Gasteiger partial charge in [0.2, 0.25) is 5.28 Å². The Kier molecular flexibility index (Phi) is 2.60. The van der Waals surface area contributed by atoms with Crippen LogP contribution in [0.3, 0.4) is 0 Å². The first-order chi connectivity index (χ1) is 8.29. The summed E-state index contributed by atoms with van der Waals surface area (Å²) in [4.78, 5) is 10.4. The zero-order chi connectivity index (χ0) is 11.8. The number of aromatic amines is 1. The first-order valence-corrected chi connectivity index (χ1v) is 5.91. The SMILES string of the molecule is OCCN(c1nc(Cl)nc2[nH]ncc12)C1CC1. The van der Waals surface area contributed by atoms with Crippen molar-refractivity contribution in [1.29, 1.82) is 0 Å². The summed E-state index contributed by atoms with van der Waals surface area (Å²) in [5.41, 5.74) is 0.628. The van der Waals surface area contributed by atoms with Crippen LogP contribution in [0.1, 0.15) is 12.8 Å². The lowest BCUT2D eigenvalue weighted by Gasteiger charge is -2.22. The van der Waals surface area contributed by atoms with Gasteiger partial charge in [-0.15, -0.1) is 0 Å². The van der Waals surface area contributed by atoms with Crippen molar-refractivity contribution in [2.75, 3.05) is 18.1 Å². The second-order valence-electron chi connectivity index (χ2n) is 4.10. The topological polar surface area (TPSA) is 77.9 Å². The number of rotatable bonds is 4. The van der Waals surface area contributed by atoms with E-state index in [2.05, 4.69) is 25.1 Å². The van der Waals surface area contributed by atoms with Crippen molar-refractivity contribution < 1.29 is 5.11 Å². The summed E-state index contributed by atoms with van der Waals surface area (Å²) in [6, 6.07) is 0.450. The predicted octanol–water partition coefficient (Wildman–Crippen LogP) is 0.967. The molecule has 7 heteroatoms. The van der Waals surface area contributed by atoms with Gasteiger partial charge in [-0.3, -0.25) is 5.10 Å². The Balaban J connectivity index is 2.09. The molecule has 1 aliphatic carbocycles. The minimum atomic E-state index is 0.0947. The smallest absolute Gasteiger partial charge is 0.226 e. The van der Waals surface area contributed by atoms with Crippen LogP contribution in [0.2, 0.25) is 5.28 Å². The molecule has 1 aliphatic rings. The highest BCUT2D eigenvalue weighted by Crippen LogP contribution is 2.33. The Hall–Kier alpha value is -1.40. The van der Waals surface area contributed by atoms with Crippen molar-refractivity contribution in [3.63, 3.8) is 0 Å². The average Bonchev–Trinajstić information content (AvgIpc) is 3.04. The maximum atomic E-state index is 9.13. The van der Waals surface area contributed by atoms with Crippen LogP contribution in [0.5, 0.6) is 0 Å². The molecular weight excluding hydrogens is 242 g/mol. The van der Waals surface area contributed by atoms with E-state index in [-0.39, 0.29) is 11.9 Å². The van der Waals surface area contributed by atoms with Crippen molar-refractivity contribution in [3.05, 3.63) is 11.5 Å². The number of aliphatic hydroxyl groups excluding tert-OH is 1. The average molecular weight is 254 g/mol. The van der Waals surface area contributed by atoms with Crippen LogP contribution in [0.4, 0.5) is 5.82 Å². The van der Waals surface area contributed by atoms with Crippen LogP contribution < -0.4 is 4.90 Å². The molecule has 2 aromatic rings. The van der Waals surface area contributed by atoms with Gasteiger partial charge >= 0.3 is 0 Å². The van der Waals surface area contributed by atoms with Crippen molar-refractivity contribution >= 4 is 28.5 Å². The molecule has 0 radical (unpaired) electrons. The van der Waals surface area contributed by atoms with Gasteiger partial charge in [-0.1, -0.05) is 0 Å². The third-order valence-corrected chi connectivity index (χ3v) is 3.03. The maximum Gasteiger partial charge on any atom is 0.226 e. The molecule has 0 bridgehead atoms. The van der Waals surface area contributed by atoms with Gasteiger partial charge in [-0.05, 0) is 24.4 Å². The van der Waals surface area contributed by atoms with Crippen LogP contribution in [0.25, 0.3) is 11.0 Å². The first-order valence-electron chi connectivity index (χ1n) is 5.53. The molecule has 90 valence electrons. The monoisotopic (exact) mass is 253 g/mol. The molecule has 0 aromatic carbocycles. The summed E-state index contributed by atoms with van der Waals surface area (Å²) in [5.74, 6) is 0.755. The molecule has 6 nitrogen and oxygen atoms in total. The van der Waals surface area contributed by atoms with Gasteiger partial charge in [-0.25, -0.2) is 0 Å². The second-order valence-corrected chi connectivity index (χ2v) is 4.43. The third kappa shape index (κ3) is 1.94. The molecule has 2 N–H and O–H groups in total. The van der Waals surface area contributed by atoms with Gasteiger partial charge in [0.15, 0.2) is 5.65 Å². The zero-order valence-corrected chi connectivity index (χ0v) is 9.85. The van der Waals surface area contributed by atoms with E-state index in [1.807, 2.05) is 0 Å². The predicted molar refractivity (Wildman–Crippen MR) is 64.1 cm³/mol. The van der Waals surface area contributed by atoms with E-state index in [0.29, 0.717) is 18.2 Å². The fraction of sp³-hybridized carbons (Fsp3) is 0.500. The fourth-order valence-corrected chi connectivity index (χ4v) is 2.13. The summed E-state index contributed by atoms with van der Waals surface area (Å²) in [6.07, 6.45) is 3.94. The number of hydrogen-bond donors (Lipinski definition) is 2. The molecule has 1 fully saturated rings. The van der Waals surface area contributed by atoms with Gasteiger partial charge in [0.05, 0.1) is 18.2 Å². The molecule has 0 atom stereocenters. The summed E-state index contributed by atoms with van der Waals surface area (Å²) in [6.45, 7) is 0.649. The van der Waals surface area contributed by atoms with Crippen molar-refractivity contribution in [3.8, 4) is 0 Å². The molecule has 0 aliphatic heterocycles. The lowest BCUT2D eigenvalue weighted by Crippen LogP contribution is -2.30. The minimum absolute atomic E-state index is 0.0947. The quantitative estimate of drug-likeness (QED) is 0.794. The van der Waals surface area contributed by atoms with Gasteiger partial charge in [0, 0.05) is 12.6 Å². The van der Waals surface area contributed by atoms with E-state index < -0.39 is 0 Å². The Labute approximate surface area is 103 Å². The number of hydrogen-bond acceptors (Lipinski definition) is 5. The van der Waals surface area contributed by atoms with E-state index in [9.17, 15) is 0 Å². The molecule has 0 saturated heterocycles. The summed E-state index contributed by atoms with van der Waals surface area (Å²) in [5, 5.41) is 16.9. The van der Waals surface area contributed by atoms with Gasteiger partial charge in [0.1, 0.15) is 5.82 Å². The standard InChI is InChI=1S/C10H12ClN5O/c11-10-13-8-7(5-12-15-8)9(14-10)16(3-4-17)6-1-2-6/h5-6,17H,1-4H2,(H,12,13,14,15). The molecular formula is C10H12ClN5O. The van der Waals surface area contributed by atoms with E-state index in [0.717, 1.165) is 24.0 Å². The third-order valence-electron chi connectivity index (χ3n) is 2.86. The van der Waals surface area contributed by atoms with Crippen LogP contribution in [-0.4, -0.2) is 44.5 Å². The number of anilines is 1. The highest BCUT2D eigenvalue weighted by Gasteiger charge is 2.31. The van der Waals surface area contributed by atoms with Gasteiger partial charge in [-0.2, -0.15) is 15.1 Å². The Morgan fingerprint density at radius 1 is 1.47 bits per heavy atom. The lowest BCUT2D eigenvalue weighted by atomic mass is 10.3. The number of H-pyrrole nitrogens is 1. The van der Waals surface area contributed by atoms with Gasteiger partial charge in [0.25, 0.3) is 0 Å². The van der Waals surface area contributed by atoms with Crippen LogP contribution in [0, 0.1) is 0 Å². The van der Waals surface area contributed by atoms with E-state index >= 15 is 0 Å². The molecule has 1 saturated carbocycles. The number of halogens is 1. The number of aliphatic hydroxyl groups is 1. The molecule has 0 amide bonds. The van der Waals surface area contributed by atoms with Crippen LogP contribution in [-0.2, 0) is 0 Å². The molecule has 3 rings (SSSR count). The number of nitrogens with zero attached hydrogens (tertiary/aromatic N) is 4. The van der Waals surface area contributed by atoms with Crippen molar-refractivity contribution in [2.45, 2.75) is 18.9 Å². The first kappa shape index (κ1) is 10.7. The second kappa shape index (κ2) is 4.12. The highest BCUT2D eigenvalue weighted by molar-refractivity contribution is 6.28. The Morgan fingerprint density at radius 2 is 2.29 bits per heavy atom. The molecule has 2 aromatic heterocycles. The van der Waals surface area contributed by atoms with E-state index in [1.54, 1.807) is 6.20 Å².